The first-order valence-corrected chi connectivity index (χ1v) is 11.8. The van der Waals surface area contributed by atoms with Gasteiger partial charge in [-0.2, -0.15) is 31.8 Å². The van der Waals surface area contributed by atoms with E-state index in [1.165, 1.54) is 6.92 Å². The number of nitrogen functional groups attached to an aromatic ring is 1. The van der Waals surface area contributed by atoms with Crippen LogP contribution in [0.5, 0.6) is 0 Å². The van der Waals surface area contributed by atoms with Crippen LogP contribution in [0.3, 0.4) is 0 Å². The second-order valence-corrected chi connectivity index (χ2v) is 10.2. The number of anilines is 2. The number of nitrogens with two attached hydrogens (primary N) is 1. The molecule has 0 saturated carbocycles. The fourth-order valence-electron chi connectivity index (χ4n) is 4.09. The van der Waals surface area contributed by atoms with Crippen molar-refractivity contribution in [3.63, 3.8) is 0 Å². The number of amides is 2. The van der Waals surface area contributed by atoms with Gasteiger partial charge in [0.25, 0.3) is 11.5 Å². The number of hydrogen-bond acceptors (Lipinski definition) is 9. The monoisotopic (exact) mass is 592 g/mol. The molecule has 1 aliphatic heterocycles. The molecular formula is C24H26F6N6O5. The Morgan fingerprint density at radius 2 is 1.73 bits per heavy atom. The SMILES string of the molecule is Cc1ccc(C(O)(C(=O)NOC(=O)C(F)(F)F)C(F)(F)F)cc1-c1cnc(N)c(N2CCN(C(C)(C)C)C(=O)C2)n1. The van der Waals surface area contributed by atoms with Crippen LogP contribution in [0.4, 0.5) is 38.0 Å². The highest BCUT2D eigenvalue weighted by atomic mass is 19.4. The van der Waals surface area contributed by atoms with Gasteiger partial charge in [0.1, 0.15) is 0 Å². The first kappa shape index (κ1) is 31.4. The van der Waals surface area contributed by atoms with Crippen LogP contribution in [0.2, 0.25) is 0 Å². The van der Waals surface area contributed by atoms with Gasteiger partial charge in [-0.15, -0.1) is 0 Å². The Hall–Kier alpha value is -4.15. The van der Waals surface area contributed by atoms with Crippen molar-refractivity contribution in [2.45, 2.75) is 51.2 Å². The molecule has 1 aromatic carbocycles. The number of alkyl halides is 6. The molecule has 1 unspecified atom stereocenters. The van der Waals surface area contributed by atoms with Gasteiger partial charge in [-0.25, -0.2) is 14.8 Å². The number of hydrogen-bond donors (Lipinski definition) is 3. The van der Waals surface area contributed by atoms with Gasteiger partial charge in [-0.05, 0) is 39.3 Å². The van der Waals surface area contributed by atoms with Gasteiger partial charge >= 0.3 is 18.3 Å². The molecule has 2 heterocycles. The van der Waals surface area contributed by atoms with Crippen LogP contribution >= 0.6 is 0 Å². The summed E-state index contributed by atoms with van der Waals surface area (Å²) in [7, 11) is 0. The van der Waals surface area contributed by atoms with Gasteiger partial charge in [0.05, 0.1) is 18.4 Å². The maximum atomic E-state index is 14.0. The summed E-state index contributed by atoms with van der Waals surface area (Å²) < 4.78 is 79.1. The summed E-state index contributed by atoms with van der Waals surface area (Å²) in [6, 6.07) is 2.55. The zero-order valence-electron chi connectivity index (χ0n) is 22.1. The quantitative estimate of drug-likeness (QED) is 0.359. The zero-order valence-corrected chi connectivity index (χ0v) is 22.1. The van der Waals surface area contributed by atoms with Crippen molar-refractivity contribution in [1.82, 2.24) is 20.3 Å². The molecule has 0 spiro atoms. The van der Waals surface area contributed by atoms with E-state index in [1.807, 2.05) is 20.8 Å². The van der Waals surface area contributed by atoms with Crippen LogP contribution in [-0.4, -0.2) is 75.3 Å². The third-order valence-corrected chi connectivity index (χ3v) is 6.25. The number of aliphatic hydroxyl groups is 1. The molecule has 1 fully saturated rings. The third kappa shape index (κ3) is 6.28. The fourth-order valence-corrected chi connectivity index (χ4v) is 4.09. The summed E-state index contributed by atoms with van der Waals surface area (Å²) in [5, 5.41) is 10.5. The lowest BCUT2D eigenvalue weighted by Gasteiger charge is -2.42. The van der Waals surface area contributed by atoms with E-state index in [1.54, 1.807) is 9.80 Å². The predicted octanol–water partition coefficient (Wildman–Crippen LogP) is 2.37. The molecule has 1 aliphatic rings. The summed E-state index contributed by atoms with van der Waals surface area (Å²) in [4.78, 5) is 50.9. The molecule has 3 rings (SSSR count). The predicted molar refractivity (Wildman–Crippen MR) is 131 cm³/mol. The Morgan fingerprint density at radius 3 is 2.27 bits per heavy atom. The van der Waals surface area contributed by atoms with Crippen LogP contribution in [-0.2, 0) is 24.8 Å². The van der Waals surface area contributed by atoms with Crippen molar-refractivity contribution in [3.05, 3.63) is 35.5 Å². The Kier molecular flexibility index (Phi) is 8.17. The molecule has 224 valence electrons. The van der Waals surface area contributed by atoms with E-state index in [9.17, 15) is 45.8 Å². The van der Waals surface area contributed by atoms with Crippen molar-refractivity contribution in [3.8, 4) is 11.3 Å². The number of aryl methyl sites for hydroxylation is 1. The van der Waals surface area contributed by atoms with E-state index in [0.29, 0.717) is 24.7 Å². The van der Waals surface area contributed by atoms with Crippen LogP contribution < -0.4 is 16.1 Å². The molecule has 1 saturated heterocycles. The molecule has 0 bridgehead atoms. The Morgan fingerprint density at radius 1 is 1.10 bits per heavy atom. The summed E-state index contributed by atoms with van der Waals surface area (Å²) in [5.41, 5.74) is 0.899. The minimum absolute atomic E-state index is 0.0484. The van der Waals surface area contributed by atoms with E-state index < -0.39 is 40.9 Å². The molecule has 11 nitrogen and oxygen atoms in total. The molecule has 4 N–H and O–H groups in total. The lowest BCUT2D eigenvalue weighted by molar-refractivity contribution is -0.262. The van der Waals surface area contributed by atoms with E-state index in [-0.39, 0.29) is 35.3 Å². The van der Waals surface area contributed by atoms with Crippen molar-refractivity contribution in [2.75, 3.05) is 30.3 Å². The molecule has 0 radical (unpaired) electrons. The smallest absolute Gasteiger partial charge is 0.381 e. The van der Waals surface area contributed by atoms with E-state index >= 15 is 0 Å². The molecule has 17 heteroatoms. The highest BCUT2D eigenvalue weighted by Gasteiger charge is 2.61. The molecule has 41 heavy (non-hydrogen) atoms. The van der Waals surface area contributed by atoms with Gasteiger partial charge in [0, 0.05) is 29.8 Å². The highest BCUT2D eigenvalue weighted by Crippen LogP contribution is 2.41. The van der Waals surface area contributed by atoms with Gasteiger partial charge in [0.15, 0.2) is 11.6 Å². The second kappa shape index (κ2) is 10.7. The molecular weight excluding hydrogens is 566 g/mol. The van der Waals surface area contributed by atoms with Crippen LogP contribution in [0.1, 0.15) is 31.9 Å². The Balaban J connectivity index is 2.00. The number of aromatic nitrogens is 2. The minimum Gasteiger partial charge on any atom is -0.381 e. The van der Waals surface area contributed by atoms with Gasteiger partial charge in [0.2, 0.25) is 5.91 Å². The summed E-state index contributed by atoms with van der Waals surface area (Å²) in [5.74, 6) is -5.74. The molecule has 1 aromatic heterocycles. The normalized spacial score (nSPS) is 16.3. The van der Waals surface area contributed by atoms with Crippen molar-refractivity contribution >= 4 is 29.4 Å². The largest absolute Gasteiger partial charge is 0.493 e. The first-order chi connectivity index (χ1) is 18.7. The average Bonchev–Trinajstić information content (AvgIpc) is 2.85. The average molecular weight is 592 g/mol. The summed E-state index contributed by atoms with van der Waals surface area (Å²) in [6.45, 7) is 7.61. The molecule has 1 atom stereocenters. The first-order valence-electron chi connectivity index (χ1n) is 11.8. The molecule has 2 aromatic rings. The second-order valence-electron chi connectivity index (χ2n) is 10.2. The molecule has 2 amide bonds. The number of halogens is 6. The third-order valence-electron chi connectivity index (χ3n) is 6.25. The number of carbonyl (C=O) groups is 3. The van der Waals surface area contributed by atoms with Crippen molar-refractivity contribution < 1.29 is 50.7 Å². The van der Waals surface area contributed by atoms with Crippen LogP contribution in [0.15, 0.2) is 24.4 Å². The number of piperazine rings is 1. The van der Waals surface area contributed by atoms with E-state index in [4.69, 9.17) is 5.73 Å². The van der Waals surface area contributed by atoms with Crippen LogP contribution in [0, 0.1) is 6.92 Å². The maximum Gasteiger partial charge on any atom is 0.493 e. The lowest BCUT2D eigenvalue weighted by atomic mass is 9.89. The number of rotatable bonds is 4. The standard InChI is InChI=1S/C24H26F6N6O5/c1-12-5-6-13(22(40,24(28,29)30)19(38)34-41-20(39)23(25,26)27)9-14(12)15-10-32-17(31)18(33-15)35-7-8-36(16(37)11-35)21(2,3)4/h5-6,9-10,40H,7-8,11H2,1-4H3,(H2,31,32)(H,34,38). The van der Waals surface area contributed by atoms with Crippen molar-refractivity contribution in [2.24, 2.45) is 0 Å². The fraction of sp³-hybridized carbons (Fsp3) is 0.458. The Bertz CT molecular complexity index is 1360. The van der Waals surface area contributed by atoms with Gasteiger partial charge in [-0.1, -0.05) is 12.1 Å². The Labute approximate surface area is 229 Å². The van der Waals surface area contributed by atoms with Gasteiger partial charge in [-0.3, -0.25) is 9.59 Å². The number of carbonyl (C=O) groups excluding carboxylic acids is 3. The van der Waals surface area contributed by atoms with Crippen LogP contribution in [0.25, 0.3) is 11.3 Å². The number of hydroxylamine groups is 1. The maximum absolute atomic E-state index is 14.0. The zero-order chi connectivity index (χ0) is 31.1. The highest BCUT2D eigenvalue weighted by molar-refractivity contribution is 5.89. The van der Waals surface area contributed by atoms with Gasteiger partial charge < -0.3 is 25.5 Å². The lowest BCUT2D eigenvalue weighted by Crippen LogP contribution is -2.57. The summed E-state index contributed by atoms with van der Waals surface area (Å²) >= 11 is 0. The topological polar surface area (TPSA) is 151 Å². The van der Waals surface area contributed by atoms with Crippen molar-refractivity contribution in [1.29, 1.82) is 0 Å². The number of benzene rings is 1. The van der Waals surface area contributed by atoms with E-state index in [2.05, 4.69) is 14.8 Å². The minimum atomic E-state index is -5.78. The number of nitrogens with zero attached hydrogens (tertiary/aromatic N) is 4. The van der Waals surface area contributed by atoms with E-state index in [0.717, 1.165) is 23.8 Å². The summed E-state index contributed by atoms with van der Waals surface area (Å²) in [6.07, 6.45) is -10.3. The number of nitrogens with one attached hydrogen (secondary N) is 1. The molecule has 0 aliphatic carbocycles.